The van der Waals surface area contributed by atoms with E-state index in [1.807, 2.05) is 0 Å². The molecule has 0 amide bonds. The van der Waals surface area contributed by atoms with Crippen molar-refractivity contribution in [2.24, 2.45) is 0 Å². The van der Waals surface area contributed by atoms with E-state index in [0.29, 0.717) is 0 Å². The summed E-state index contributed by atoms with van der Waals surface area (Å²) in [6, 6.07) is 1.21. The van der Waals surface area contributed by atoms with E-state index in [2.05, 4.69) is 20.9 Å². The van der Waals surface area contributed by atoms with Crippen LogP contribution in [0.25, 0.3) is 0 Å². The van der Waals surface area contributed by atoms with Crippen molar-refractivity contribution in [1.29, 1.82) is 0 Å². The van der Waals surface area contributed by atoms with Crippen molar-refractivity contribution >= 4 is 27.5 Å². The van der Waals surface area contributed by atoms with Gasteiger partial charge in [0, 0.05) is 5.33 Å². The Morgan fingerprint density at radius 1 is 1.54 bits per heavy atom. The molecule has 13 heavy (non-hydrogen) atoms. The van der Waals surface area contributed by atoms with Gasteiger partial charge in [0.2, 0.25) is 0 Å². The van der Waals surface area contributed by atoms with Crippen LogP contribution in [0.2, 0.25) is 5.02 Å². The van der Waals surface area contributed by atoms with Crippen molar-refractivity contribution in [2.45, 2.75) is 11.8 Å². The highest BCUT2D eigenvalue weighted by Gasteiger charge is 2.18. The fourth-order valence-electron chi connectivity index (χ4n) is 0.781. The van der Waals surface area contributed by atoms with Gasteiger partial charge in [-0.15, -0.1) is 0 Å². The first-order valence-corrected chi connectivity index (χ1v) is 4.75. The molecule has 0 saturated carbocycles. The number of nitrogens with zero attached hydrogens (tertiary/aromatic N) is 1. The molecule has 0 fully saturated rings. The number of pyridine rings is 1. The lowest BCUT2D eigenvalue weighted by molar-refractivity contribution is 0.140. The highest BCUT2D eigenvalue weighted by Crippen LogP contribution is 2.26. The number of halogens is 5. The second-order valence-corrected chi connectivity index (χ2v) is 3.20. The minimum Gasteiger partial charge on any atom is -0.248 e. The van der Waals surface area contributed by atoms with E-state index >= 15 is 0 Å². The van der Waals surface area contributed by atoms with Gasteiger partial charge in [0.1, 0.15) is 5.69 Å². The van der Waals surface area contributed by atoms with Crippen molar-refractivity contribution in [3.63, 3.8) is 0 Å². The minimum absolute atomic E-state index is 0.257. The average Bonchev–Trinajstić information content (AvgIpc) is 2.09. The zero-order chi connectivity index (χ0) is 10.0. The number of rotatable bonds is 2. The number of alkyl halides is 3. The van der Waals surface area contributed by atoms with Gasteiger partial charge in [-0.25, -0.2) is 18.2 Å². The molecule has 72 valence electrons. The molecule has 0 saturated heterocycles. The Bertz CT molecular complexity index is 319. The molecule has 6 heteroatoms. The molecule has 0 spiro atoms. The molecule has 1 rings (SSSR count). The van der Waals surface area contributed by atoms with Crippen LogP contribution in [-0.2, 0) is 5.33 Å². The number of aromatic nitrogens is 1. The monoisotopic (exact) mass is 273 g/mol. The highest BCUT2D eigenvalue weighted by atomic mass is 79.9. The summed E-state index contributed by atoms with van der Waals surface area (Å²) in [4.78, 5) is 3.39. The van der Waals surface area contributed by atoms with E-state index in [1.165, 1.54) is 6.07 Å². The van der Waals surface area contributed by atoms with Crippen molar-refractivity contribution in [3.05, 3.63) is 28.3 Å². The van der Waals surface area contributed by atoms with Crippen LogP contribution >= 0.6 is 27.5 Å². The van der Waals surface area contributed by atoms with E-state index in [4.69, 9.17) is 11.6 Å². The largest absolute Gasteiger partial charge is 0.283 e. The predicted octanol–water partition coefficient (Wildman–Crippen LogP) is 3.71. The van der Waals surface area contributed by atoms with E-state index in [1.54, 1.807) is 0 Å². The first kappa shape index (κ1) is 10.8. The van der Waals surface area contributed by atoms with Crippen molar-refractivity contribution in [2.75, 3.05) is 0 Å². The summed E-state index contributed by atoms with van der Waals surface area (Å²) in [6.07, 6.45) is -2.95. The molecule has 0 atom stereocenters. The molecular weight excluding hydrogens is 270 g/mol. The fraction of sp³-hybridized carbons (Fsp3) is 0.286. The topological polar surface area (TPSA) is 12.9 Å². The molecule has 0 bridgehead atoms. The third-order valence-corrected chi connectivity index (χ3v) is 2.19. The lowest BCUT2D eigenvalue weighted by Gasteiger charge is -2.04. The molecule has 0 aromatic carbocycles. The summed E-state index contributed by atoms with van der Waals surface area (Å²) < 4.78 is 37.2. The summed E-state index contributed by atoms with van der Waals surface area (Å²) >= 11 is 8.38. The predicted molar refractivity (Wildman–Crippen MR) is 46.8 cm³/mol. The van der Waals surface area contributed by atoms with Crippen LogP contribution in [0.4, 0.5) is 13.2 Å². The van der Waals surface area contributed by atoms with Crippen LogP contribution in [-0.4, -0.2) is 4.98 Å². The Kier molecular flexibility index (Phi) is 3.55. The molecule has 0 aliphatic heterocycles. The van der Waals surface area contributed by atoms with Crippen molar-refractivity contribution in [1.82, 2.24) is 4.98 Å². The van der Waals surface area contributed by atoms with E-state index in [-0.39, 0.29) is 16.0 Å². The van der Waals surface area contributed by atoms with Gasteiger partial charge in [0.15, 0.2) is 5.82 Å². The molecular formula is C7H4BrClF3N. The summed E-state index contributed by atoms with van der Waals surface area (Å²) in [7, 11) is 0. The SMILES string of the molecule is Fc1c(Cl)cc(CBr)nc1C(F)F. The van der Waals surface area contributed by atoms with Gasteiger partial charge in [-0.1, -0.05) is 27.5 Å². The maximum absolute atomic E-state index is 12.9. The molecule has 1 nitrogen and oxygen atoms in total. The number of hydrogen-bond acceptors (Lipinski definition) is 1. The first-order valence-electron chi connectivity index (χ1n) is 3.25. The third-order valence-electron chi connectivity index (χ3n) is 1.34. The lowest BCUT2D eigenvalue weighted by Crippen LogP contribution is -1.99. The standard InChI is InChI=1S/C7H4BrClF3N/c8-2-3-1-4(9)5(10)6(13-3)7(11)12/h1,7H,2H2. The van der Waals surface area contributed by atoms with Crippen molar-refractivity contribution in [3.8, 4) is 0 Å². The Morgan fingerprint density at radius 3 is 2.62 bits per heavy atom. The second-order valence-electron chi connectivity index (χ2n) is 2.23. The summed E-state index contributed by atoms with van der Waals surface area (Å²) in [6.45, 7) is 0. The maximum atomic E-state index is 12.9. The quantitative estimate of drug-likeness (QED) is 0.749. The zero-order valence-electron chi connectivity index (χ0n) is 6.20. The highest BCUT2D eigenvalue weighted by molar-refractivity contribution is 9.08. The first-order chi connectivity index (χ1) is 6.06. The van der Waals surface area contributed by atoms with Crippen LogP contribution < -0.4 is 0 Å². The van der Waals surface area contributed by atoms with Crippen LogP contribution in [0.1, 0.15) is 17.8 Å². The van der Waals surface area contributed by atoms with Crippen molar-refractivity contribution < 1.29 is 13.2 Å². The molecule has 1 heterocycles. The Balaban J connectivity index is 3.25. The maximum Gasteiger partial charge on any atom is 0.283 e. The Hall–Kier alpha value is -0.290. The number of hydrogen-bond donors (Lipinski definition) is 0. The fourth-order valence-corrected chi connectivity index (χ4v) is 1.29. The van der Waals surface area contributed by atoms with E-state index in [9.17, 15) is 13.2 Å². The van der Waals surface area contributed by atoms with Gasteiger partial charge >= 0.3 is 0 Å². The van der Waals surface area contributed by atoms with Crippen LogP contribution in [0, 0.1) is 5.82 Å². The second kappa shape index (κ2) is 4.28. The van der Waals surface area contributed by atoms with E-state index < -0.39 is 17.9 Å². The molecule has 0 N–H and O–H groups in total. The van der Waals surface area contributed by atoms with Gasteiger partial charge in [-0.05, 0) is 6.07 Å². The normalized spacial score (nSPS) is 10.9. The average molecular weight is 274 g/mol. The minimum atomic E-state index is -2.95. The van der Waals surface area contributed by atoms with Crippen LogP contribution in [0.15, 0.2) is 6.07 Å². The summed E-state index contributed by atoms with van der Waals surface area (Å²) in [5.41, 5.74) is -0.622. The van der Waals surface area contributed by atoms with Gasteiger partial charge in [-0.3, -0.25) is 0 Å². The third kappa shape index (κ3) is 2.34. The molecule has 0 aliphatic carbocycles. The Labute approximate surface area is 86.0 Å². The van der Waals surface area contributed by atoms with E-state index in [0.717, 1.165) is 0 Å². The van der Waals surface area contributed by atoms with Gasteiger partial charge in [-0.2, -0.15) is 0 Å². The van der Waals surface area contributed by atoms with Crippen LogP contribution in [0.3, 0.4) is 0 Å². The molecule has 1 aromatic heterocycles. The van der Waals surface area contributed by atoms with Gasteiger partial charge < -0.3 is 0 Å². The molecule has 0 radical (unpaired) electrons. The van der Waals surface area contributed by atoms with Gasteiger partial charge in [0.05, 0.1) is 10.7 Å². The zero-order valence-corrected chi connectivity index (χ0v) is 8.54. The molecule has 0 unspecified atom stereocenters. The smallest absolute Gasteiger partial charge is 0.248 e. The summed E-state index contributed by atoms with van der Waals surface area (Å²) in [5.74, 6) is -1.15. The molecule has 0 aliphatic rings. The lowest BCUT2D eigenvalue weighted by atomic mass is 10.3. The Morgan fingerprint density at radius 2 is 2.15 bits per heavy atom. The molecule has 1 aromatic rings. The van der Waals surface area contributed by atoms with Gasteiger partial charge in [0.25, 0.3) is 6.43 Å². The van der Waals surface area contributed by atoms with Crippen LogP contribution in [0.5, 0.6) is 0 Å². The summed E-state index contributed by atoms with van der Waals surface area (Å²) in [5, 5.41) is -0.0769.